The van der Waals surface area contributed by atoms with Gasteiger partial charge in [0.1, 0.15) is 17.3 Å². The van der Waals surface area contributed by atoms with Crippen LogP contribution in [-0.4, -0.2) is 30.5 Å². The molecule has 0 spiro atoms. The van der Waals surface area contributed by atoms with E-state index in [9.17, 15) is 23.5 Å². The molecule has 1 aliphatic rings. The Balaban J connectivity index is 1.96. The van der Waals surface area contributed by atoms with Crippen LogP contribution in [0.15, 0.2) is 66.2 Å². The molecule has 0 aliphatic carbocycles. The molecule has 8 heteroatoms. The monoisotopic (exact) mass is 479 g/mol. The molecule has 1 heterocycles. The van der Waals surface area contributed by atoms with E-state index >= 15 is 0 Å². The second-order valence-corrected chi connectivity index (χ2v) is 7.95. The van der Waals surface area contributed by atoms with Gasteiger partial charge < -0.3 is 14.6 Å². The van der Waals surface area contributed by atoms with Crippen molar-refractivity contribution in [3.05, 3.63) is 94.6 Å². The van der Waals surface area contributed by atoms with E-state index in [0.29, 0.717) is 34.8 Å². The number of aryl methyl sites for hydroxylation is 1. The largest absolute Gasteiger partial charge is 0.507 e. The van der Waals surface area contributed by atoms with Gasteiger partial charge in [-0.05, 0) is 67.4 Å². The predicted octanol–water partition coefficient (Wildman–Crippen LogP) is 5.31. The number of aliphatic hydroxyl groups is 1. The Morgan fingerprint density at radius 1 is 1.00 bits per heavy atom. The molecule has 1 atom stereocenters. The van der Waals surface area contributed by atoms with E-state index in [1.54, 1.807) is 49.4 Å². The summed E-state index contributed by atoms with van der Waals surface area (Å²) in [5, 5.41) is 11.3. The summed E-state index contributed by atoms with van der Waals surface area (Å²) >= 11 is 0. The van der Waals surface area contributed by atoms with Crippen LogP contribution < -0.4 is 14.4 Å². The fourth-order valence-corrected chi connectivity index (χ4v) is 4.16. The average Bonchev–Trinajstić information content (AvgIpc) is 3.11. The Morgan fingerprint density at radius 3 is 2.43 bits per heavy atom. The number of halogens is 2. The maximum atomic E-state index is 14.1. The normalized spacial score (nSPS) is 17.1. The summed E-state index contributed by atoms with van der Waals surface area (Å²) in [6.07, 6.45) is 0. The Morgan fingerprint density at radius 2 is 1.77 bits per heavy atom. The highest BCUT2D eigenvalue weighted by Gasteiger charge is 2.47. The number of carbonyl (C=O) groups excluding carboxylic acids is 2. The minimum Gasteiger partial charge on any atom is -0.507 e. The molecule has 0 aromatic heterocycles. The summed E-state index contributed by atoms with van der Waals surface area (Å²) in [7, 11) is 1.51. The Bertz CT molecular complexity index is 1350. The van der Waals surface area contributed by atoms with Crippen molar-refractivity contribution in [3.63, 3.8) is 0 Å². The van der Waals surface area contributed by atoms with Crippen LogP contribution in [0.5, 0.6) is 11.5 Å². The molecule has 180 valence electrons. The van der Waals surface area contributed by atoms with Gasteiger partial charge in [-0.1, -0.05) is 12.1 Å². The highest BCUT2D eigenvalue weighted by atomic mass is 19.2. The molecule has 0 saturated carbocycles. The van der Waals surface area contributed by atoms with Crippen LogP contribution >= 0.6 is 0 Å². The number of nitrogens with zero attached hydrogens (tertiary/aromatic N) is 1. The maximum Gasteiger partial charge on any atom is 0.300 e. The molecule has 3 aromatic carbocycles. The zero-order valence-electron chi connectivity index (χ0n) is 19.3. The third-order valence-electron chi connectivity index (χ3n) is 5.80. The smallest absolute Gasteiger partial charge is 0.300 e. The van der Waals surface area contributed by atoms with Gasteiger partial charge in [0.25, 0.3) is 11.7 Å². The van der Waals surface area contributed by atoms with E-state index in [2.05, 4.69) is 0 Å². The van der Waals surface area contributed by atoms with Crippen LogP contribution in [0.1, 0.15) is 29.7 Å². The lowest BCUT2D eigenvalue weighted by molar-refractivity contribution is -0.132. The van der Waals surface area contributed by atoms with Crippen molar-refractivity contribution in [2.45, 2.75) is 19.9 Å². The quantitative estimate of drug-likeness (QED) is 0.295. The molecule has 1 unspecified atom stereocenters. The zero-order chi connectivity index (χ0) is 25.3. The number of aliphatic hydroxyl groups excluding tert-OH is 1. The van der Waals surface area contributed by atoms with Gasteiger partial charge >= 0.3 is 0 Å². The summed E-state index contributed by atoms with van der Waals surface area (Å²) in [4.78, 5) is 27.5. The third-order valence-corrected chi connectivity index (χ3v) is 5.80. The van der Waals surface area contributed by atoms with Gasteiger partial charge in [0.05, 0.1) is 25.3 Å². The van der Waals surface area contributed by atoms with Gasteiger partial charge in [-0.25, -0.2) is 8.78 Å². The van der Waals surface area contributed by atoms with Gasteiger partial charge in [-0.15, -0.1) is 0 Å². The van der Waals surface area contributed by atoms with E-state index in [4.69, 9.17) is 9.47 Å². The van der Waals surface area contributed by atoms with Gasteiger partial charge in [0.15, 0.2) is 11.6 Å². The standard InChI is InChI=1S/C27H23F2NO5/c1-4-35-19-7-5-6-16(13-19)24-23(25(31)20-10-9-18(34-3)12-15(20)2)26(32)27(33)30(24)17-8-11-21(28)22(29)14-17/h5-14,24,31H,4H2,1-3H3/b25-23+. The first kappa shape index (κ1) is 23.9. The van der Waals surface area contributed by atoms with Gasteiger partial charge in [0, 0.05) is 17.3 Å². The molecule has 6 nitrogen and oxygen atoms in total. The van der Waals surface area contributed by atoms with Gasteiger partial charge in [-0.2, -0.15) is 0 Å². The Kier molecular flexibility index (Phi) is 6.55. The lowest BCUT2D eigenvalue weighted by atomic mass is 9.93. The highest BCUT2D eigenvalue weighted by Crippen LogP contribution is 2.43. The van der Waals surface area contributed by atoms with Crippen LogP contribution in [0.2, 0.25) is 0 Å². The SMILES string of the molecule is CCOc1cccc(C2/C(=C(\O)c3ccc(OC)cc3C)C(=O)C(=O)N2c2ccc(F)c(F)c2)c1. The first-order valence-corrected chi connectivity index (χ1v) is 10.9. The number of hydrogen-bond acceptors (Lipinski definition) is 5. The summed E-state index contributed by atoms with van der Waals surface area (Å²) in [5.74, 6) is -3.53. The highest BCUT2D eigenvalue weighted by molar-refractivity contribution is 6.51. The fourth-order valence-electron chi connectivity index (χ4n) is 4.16. The number of methoxy groups -OCH3 is 1. The number of hydrogen-bond donors (Lipinski definition) is 1. The van der Waals surface area contributed by atoms with Crippen molar-refractivity contribution in [2.75, 3.05) is 18.6 Å². The molecule has 0 bridgehead atoms. The van der Waals surface area contributed by atoms with Crippen LogP contribution in [0, 0.1) is 18.6 Å². The van der Waals surface area contributed by atoms with Crippen molar-refractivity contribution < 1.29 is 33.0 Å². The number of Topliss-reactive ketones (excluding diaryl/α,β-unsaturated/α-hetero) is 1. The lowest BCUT2D eigenvalue weighted by Crippen LogP contribution is -2.29. The number of carbonyl (C=O) groups is 2. The van der Waals surface area contributed by atoms with Crippen molar-refractivity contribution in [3.8, 4) is 11.5 Å². The maximum absolute atomic E-state index is 14.1. The summed E-state index contributed by atoms with van der Waals surface area (Å²) in [6, 6.07) is 13.4. The lowest BCUT2D eigenvalue weighted by Gasteiger charge is -2.26. The number of anilines is 1. The summed E-state index contributed by atoms with van der Waals surface area (Å²) < 4.78 is 38.5. The molecule has 1 saturated heterocycles. The van der Waals surface area contributed by atoms with Crippen molar-refractivity contribution in [2.24, 2.45) is 0 Å². The summed E-state index contributed by atoms with van der Waals surface area (Å²) in [5.41, 5.74) is 1.19. The minimum atomic E-state index is -1.17. The zero-order valence-corrected chi connectivity index (χ0v) is 19.3. The number of amides is 1. The molecule has 1 N–H and O–H groups in total. The van der Waals surface area contributed by atoms with Crippen LogP contribution in [0.3, 0.4) is 0 Å². The topological polar surface area (TPSA) is 76.1 Å². The summed E-state index contributed by atoms with van der Waals surface area (Å²) in [6.45, 7) is 3.93. The van der Waals surface area contributed by atoms with Crippen molar-refractivity contribution in [1.29, 1.82) is 0 Å². The minimum absolute atomic E-state index is 0.0247. The Labute approximate surface area is 201 Å². The first-order chi connectivity index (χ1) is 16.8. The van der Waals surface area contributed by atoms with Crippen molar-refractivity contribution >= 4 is 23.1 Å². The Hall–Kier alpha value is -4.20. The second-order valence-electron chi connectivity index (χ2n) is 7.95. The molecule has 0 radical (unpaired) electrons. The van der Waals surface area contributed by atoms with E-state index in [1.807, 2.05) is 6.92 Å². The molecule has 3 aromatic rings. The van der Waals surface area contributed by atoms with Crippen LogP contribution in [-0.2, 0) is 9.59 Å². The number of benzene rings is 3. The third kappa shape index (κ3) is 4.35. The van der Waals surface area contributed by atoms with E-state index in [1.165, 1.54) is 13.2 Å². The van der Waals surface area contributed by atoms with Crippen LogP contribution in [0.25, 0.3) is 5.76 Å². The molecule has 4 rings (SSSR count). The molecule has 1 aliphatic heterocycles. The molecule has 35 heavy (non-hydrogen) atoms. The average molecular weight is 479 g/mol. The van der Waals surface area contributed by atoms with Gasteiger partial charge in [-0.3, -0.25) is 14.5 Å². The van der Waals surface area contributed by atoms with Gasteiger partial charge in [0.2, 0.25) is 0 Å². The van der Waals surface area contributed by atoms with Crippen LogP contribution in [0.4, 0.5) is 14.5 Å². The number of ketones is 1. The van der Waals surface area contributed by atoms with Crippen molar-refractivity contribution in [1.82, 2.24) is 0 Å². The van der Waals surface area contributed by atoms with E-state index in [0.717, 1.165) is 17.0 Å². The molecular formula is C27H23F2NO5. The number of rotatable bonds is 6. The number of ether oxygens (including phenoxy) is 2. The predicted molar refractivity (Wildman–Crippen MR) is 126 cm³/mol. The fraction of sp³-hybridized carbons (Fsp3) is 0.185. The second kappa shape index (κ2) is 9.58. The molecule has 1 amide bonds. The molecule has 1 fully saturated rings. The molecular weight excluding hydrogens is 456 g/mol. The van der Waals surface area contributed by atoms with E-state index in [-0.39, 0.29) is 17.0 Å². The van der Waals surface area contributed by atoms with E-state index < -0.39 is 29.4 Å². The first-order valence-electron chi connectivity index (χ1n) is 10.9.